The van der Waals surface area contributed by atoms with Crippen molar-refractivity contribution < 1.29 is 4.57 Å². The zero-order chi connectivity index (χ0) is 26.3. The van der Waals surface area contributed by atoms with Crippen molar-refractivity contribution in [1.29, 1.82) is 0 Å². The summed E-state index contributed by atoms with van der Waals surface area (Å²) < 4.78 is 9.80. The summed E-state index contributed by atoms with van der Waals surface area (Å²) in [5.41, 5.74) is 9.43. The summed E-state index contributed by atoms with van der Waals surface area (Å²) in [7, 11) is 2.18. The van der Waals surface area contributed by atoms with Gasteiger partial charge in [0.15, 0.2) is 0 Å². The van der Waals surface area contributed by atoms with Crippen LogP contribution in [0.3, 0.4) is 0 Å². The summed E-state index contributed by atoms with van der Waals surface area (Å²) >= 11 is 1.94. The summed E-state index contributed by atoms with van der Waals surface area (Å²) in [6.07, 6.45) is 9.33. The lowest BCUT2D eigenvalue weighted by Crippen LogP contribution is -2.30. The molecular formula is C33H33N4S+. The smallest absolute Gasteiger partial charge is 0.294 e. The zero-order valence-electron chi connectivity index (χ0n) is 22.9. The van der Waals surface area contributed by atoms with Crippen molar-refractivity contribution in [3.8, 4) is 22.8 Å². The number of imidazole rings is 2. The summed E-state index contributed by atoms with van der Waals surface area (Å²) in [4.78, 5) is 4.65. The molecule has 190 valence electrons. The molecule has 4 nitrogen and oxygen atoms in total. The summed E-state index contributed by atoms with van der Waals surface area (Å²) in [5.74, 6) is 3.12. The Labute approximate surface area is 227 Å². The minimum Gasteiger partial charge on any atom is -0.303 e. The molecule has 0 spiro atoms. The third-order valence-electron chi connectivity index (χ3n) is 8.18. The topological polar surface area (TPSA) is 26.6 Å². The van der Waals surface area contributed by atoms with Crippen LogP contribution in [0.2, 0.25) is 0 Å². The van der Waals surface area contributed by atoms with Gasteiger partial charge in [0.25, 0.3) is 5.82 Å². The van der Waals surface area contributed by atoms with Crippen LogP contribution in [0.5, 0.6) is 0 Å². The maximum atomic E-state index is 4.65. The summed E-state index contributed by atoms with van der Waals surface area (Å²) in [5, 5.41) is 2.76. The molecule has 0 N–H and O–H groups in total. The molecule has 0 aliphatic carbocycles. The van der Waals surface area contributed by atoms with E-state index in [1.54, 1.807) is 0 Å². The van der Waals surface area contributed by atoms with Crippen LogP contribution in [0.1, 0.15) is 67.6 Å². The molecule has 7 rings (SSSR count). The lowest BCUT2D eigenvalue weighted by atomic mass is 9.89. The van der Waals surface area contributed by atoms with E-state index < -0.39 is 0 Å². The Morgan fingerprint density at radius 1 is 0.947 bits per heavy atom. The maximum absolute atomic E-state index is 4.65. The highest BCUT2D eigenvalue weighted by atomic mass is 32.1. The quantitative estimate of drug-likeness (QED) is 0.217. The van der Waals surface area contributed by atoms with Crippen LogP contribution in [0, 0.1) is 6.92 Å². The molecule has 0 bridgehead atoms. The zero-order valence-corrected chi connectivity index (χ0v) is 23.7. The third kappa shape index (κ3) is 3.21. The predicted octanol–water partition coefficient (Wildman–Crippen LogP) is 7.98. The van der Waals surface area contributed by atoms with E-state index in [-0.39, 0.29) is 0 Å². The van der Waals surface area contributed by atoms with Crippen LogP contribution in [0.15, 0.2) is 67.3 Å². The first kappa shape index (κ1) is 23.4. The van der Waals surface area contributed by atoms with Crippen LogP contribution >= 0.6 is 11.3 Å². The van der Waals surface area contributed by atoms with Crippen molar-refractivity contribution >= 4 is 31.5 Å². The number of fused-ring (bicyclic) bond motifs is 6. The van der Waals surface area contributed by atoms with E-state index in [4.69, 9.17) is 0 Å². The molecule has 0 atom stereocenters. The van der Waals surface area contributed by atoms with E-state index in [1.807, 2.05) is 17.5 Å². The van der Waals surface area contributed by atoms with Gasteiger partial charge in [-0.15, -0.1) is 11.3 Å². The average molecular weight is 518 g/mol. The first-order valence-corrected chi connectivity index (χ1v) is 14.4. The fourth-order valence-corrected chi connectivity index (χ4v) is 7.78. The van der Waals surface area contributed by atoms with Gasteiger partial charge < -0.3 is 4.57 Å². The van der Waals surface area contributed by atoms with E-state index in [0.717, 1.165) is 12.2 Å². The number of aromatic nitrogens is 4. The molecule has 0 unspecified atom stereocenters. The second-order valence-electron chi connectivity index (χ2n) is 11.3. The lowest BCUT2D eigenvalue weighted by Gasteiger charge is -2.20. The van der Waals surface area contributed by atoms with E-state index in [0.29, 0.717) is 11.8 Å². The standard InChI is InChI=1S/C33H33N4S/c1-19(2)23-17-24-22-9-7-8-10-27(22)38-32(24)29(20(3)4)31(23)37-16-15-35(6)33(37)30-21(5)11-12-26-25(30)18-28-34-13-14-36(26)28/h7-17,19-20H,18H2,1-6H3/q+1. The Balaban J connectivity index is 1.58. The van der Waals surface area contributed by atoms with Crippen LogP contribution < -0.4 is 4.57 Å². The monoisotopic (exact) mass is 517 g/mol. The van der Waals surface area contributed by atoms with Crippen LogP contribution in [-0.2, 0) is 13.5 Å². The van der Waals surface area contributed by atoms with Crippen molar-refractivity contribution in [2.24, 2.45) is 7.05 Å². The number of hydrogen-bond acceptors (Lipinski definition) is 2. The Kier molecular flexibility index (Phi) is 5.18. The highest BCUT2D eigenvalue weighted by Crippen LogP contribution is 2.46. The Morgan fingerprint density at radius 3 is 2.55 bits per heavy atom. The fraction of sp³-hybridized carbons (Fsp3) is 0.273. The van der Waals surface area contributed by atoms with Gasteiger partial charge in [-0.3, -0.25) is 0 Å². The van der Waals surface area contributed by atoms with Crippen LogP contribution in [-0.4, -0.2) is 14.1 Å². The van der Waals surface area contributed by atoms with Crippen LogP contribution in [0.25, 0.3) is 42.9 Å². The summed E-state index contributed by atoms with van der Waals surface area (Å²) in [6.45, 7) is 11.6. The minimum atomic E-state index is 0.382. The molecule has 0 radical (unpaired) electrons. The molecule has 4 heterocycles. The summed E-state index contributed by atoms with van der Waals surface area (Å²) in [6, 6.07) is 15.9. The van der Waals surface area contributed by atoms with Gasteiger partial charge in [-0.2, -0.15) is 4.57 Å². The normalized spacial score (nSPS) is 12.8. The van der Waals surface area contributed by atoms with Crippen LogP contribution in [0.4, 0.5) is 0 Å². The largest absolute Gasteiger partial charge is 0.303 e. The van der Waals surface area contributed by atoms with E-state index in [2.05, 4.69) is 121 Å². The first-order valence-electron chi connectivity index (χ1n) is 13.6. The molecule has 1 aliphatic heterocycles. The number of rotatable bonds is 4. The molecule has 6 aromatic rings. The van der Waals surface area contributed by atoms with Crippen molar-refractivity contribution in [2.75, 3.05) is 0 Å². The van der Waals surface area contributed by atoms with Gasteiger partial charge in [0.2, 0.25) is 0 Å². The van der Waals surface area contributed by atoms with E-state index in [9.17, 15) is 0 Å². The first-order chi connectivity index (χ1) is 18.3. The predicted molar refractivity (Wildman–Crippen MR) is 158 cm³/mol. The molecule has 3 aromatic heterocycles. The average Bonchev–Trinajstić information content (AvgIpc) is 3.65. The Bertz CT molecular complexity index is 1880. The van der Waals surface area contributed by atoms with Crippen molar-refractivity contribution in [1.82, 2.24) is 14.1 Å². The molecule has 1 aliphatic rings. The number of thiophene rings is 1. The number of benzene rings is 3. The number of nitrogens with zero attached hydrogens (tertiary/aromatic N) is 4. The third-order valence-corrected chi connectivity index (χ3v) is 9.40. The molecule has 0 saturated heterocycles. The highest BCUT2D eigenvalue weighted by Gasteiger charge is 2.33. The number of hydrogen-bond donors (Lipinski definition) is 0. The Morgan fingerprint density at radius 2 is 1.76 bits per heavy atom. The van der Waals surface area contributed by atoms with E-state index in [1.165, 1.54) is 65.2 Å². The fourth-order valence-electron chi connectivity index (χ4n) is 6.41. The Hall–Kier alpha value is -3.70. The van der Waals surface area contributed by atoms with Crippen molar-refractivity contribution in [2.45, 2.75) is 52.9 Å². The van der Waals surface area contributed by atoms with Crippen molar-refractivity contribution in [3.63, 3.8) is 0 Å². The molecule has 3 aromatic carbocycles. The van der Waals surface area contributed by atoms with Gasteiger partial charge in [-0.25, -0.2) is 9.55 Å². The van der Waals surface area contributed by atoms with Gasteiger partial charge in [-0.1, -0.05) is 52.0 Å². The highest BCUT2D eigenvalue weighted by molar-refractivity contribution is 7.26. The van der Waals surface area contributed by atoms with Gasteiger partial charge in [0, 0.05) is 50.1 Å². The second kappa shape index (κ2) is 8.40. The second-order valence-corrected chi connectivity index (χ2v) is 12.3. The van der Waals surface area contributed by atoms with Gasteiger partial charge >= 0.3 is 0 Å². The van der Waals surface area contributed by atoms with E-state index >= 15 is 0 Å². The number of aryl methyl sites for hydroxylation is 2. The van der Waals surface area contributed by atoms with Crippen molar-refractivity contribution in [3.05, 3.63) is 95.3 Å². The molecule has 38 heavy (non-hydrogen) atoms. The molecule has 0 amide bonds. The lowest BCUT2D eigenvalue weighted by molar-refractivity contribution is -0.659. The maximum Gasteiger partial charge on any atom is 0.294 e. The molecular weight excluding hydrogens is 484 g/mol. The molecule has 0 saturated carbocycles. The minimum absolute atomic E-state index is 0.382. The molecule has 5 heteroatoms. The SMILES string of the molecule is Cc1ccc2c(c1-c1n(-c3c(C(C)C)cc4c(sc5ccccc54)c3C(C)C)cc[n+]1C)Cc1nccn1-2. The van der Waals surface area contributed by atoms with Gasteiger partial charge in [0.05, 0.1) is 18.3 Å². The van der Waals surface area contributed by atoms with Gasteiger partial charge in [-0.05, 0) is 48.1 Å². The van der Waals surface area contributed by atoms with Gasteiger partial charge in [0.1, 0.15) is 23.9 Å². The molecule has 0 fully saturated rings.